The Kier molecular flexibility index (Phi) is 6.99. The van der Waals surface area contributed by atoms with E-state index in [4.69, 9.17) is 0 Å². The van der Waals surface area contributed by atoms with Crippen molar-refractivity contribution in [1.29, 1.82) is 0 Å². The molecular formula is C17H31N5O4. The number of hydrogen-bond acceptors (Lipinski definition) is 9. The Bertz CT molecular complexity index is 522. The molecule has 1 aromatic heterocycles. The summed E-state index contributed by atoms with van der Waals surface area (Å²) in [6.07, 6.45) is -0.680. The fourth-order valence-corrected chi connectivity index (χ4v) is 3.28. The van der Waals surface area contributed by atoms with Crippen molar-refractivity contribution in [3.05, 3.63) is 6.07 Å². The Morgan fingerprint density at radius 1 is 0.808 bits per heavy atom. The maximum Gasteiger partial charge on any atom is 0.233 e. The lowest BCUT2D eigenvalue weighted by Crippen LogP contribution is -2.44. The molecule has 0 amide bonds. The van der Waals surface area contributed by atoms with Crippen LogP contribution in [0.4, 0.5) is 17.6 Å². The topological polar surface area (TPSA) is 116 Å². The summed E-state index contributed by atoms with van der Waals surface area (Å²) in [6, 6.07) is 1.72. The highest BCUT2D eigenvalue weighted by atomic mass is 16.3. The van der Waals surface area contributed by atoms with Crippen molar-refractivity contribution < 1.29 is 20.4 Å². The molecule has 0 aliphatic carbocycles. The molecule has 0 radical (unpaired) electrons. The predicted molar refractivity (Wildman–Crippen MR) is 99.8 cm³/mol. The minimum absolute atomic E-state index is 0.138. The second-order valence-corrected chi connectivity index (χ2v) is 6.77. The van der Waals surface area contributed by atoms with Crippen LogP contribution in [0.5, 0.6) is 0 Å². The third-order valence-electron chi connectivity index (χ3n) is 4.47. The van der Waals surface area contributed by atoms with Gasteiger partial charge in [-0.15, -0.1) is 0 Å². The first-order valence-electron chi connectivity index (χ1n) is 9.15. The van der Waals surface area contributed by atoms with E-state index in [1.807, 2.05) is 0 Å². The highest BCUT2D eigenvalue weighted by molar-refractivity contribution is 5.56. The molecule has 0 aromatic carbocycles. The first-order valence-corrected chi connectivity index (χ1v) is 9.15. The molecule has 1 aliphatic rings. The molecule has 2 rings (SSSR count). The number of aromatic nitrogens is 2. The summed E-state index contributed by atoms with van der Waals surface area (Å²) in [5.74, 6) is 1.11. The lowest BCUT2D eigenvalue weighted by molar-refractivity contribution is 0.101. The van der Waals surface area contributed by atoms with Crippen molar-refractivity contribution in [2.75, 3.05) is 27.8 Å². The average molecular weight is 369 g/mol. The van der Waals surface area contributed by atoms with Gasteiger partial charge in [0.15, 0.2) is 0 Å². The quantitative estimate of drug-likeness (QED) is 0.508. The van der Waals surface area contributed by atoms with Crippen LogP contribution < -0.4 is 14.7 Å². The van der Waals surface area contributed by atoms with Crippen molar-refractivity contribution >= 4 is 17.6 Å². The first kappa shape index (κ1) is 20.6. The fraction of sp³-hybridized carbons (Fsp3) is 0.765. The minimum Gasteiger partial charge on any atom is -0.374 e. The van der Waals surface area contributed by atoms with E-state index in [1.54, 1.807) is 6.07 Å². The third kappa shape index (κ3) is 4.73. The normalized spacial score (nSPS) is 19.6. The van der Waals surface area contributed by atoms with Crippen LogP contribution in [0.2, 0.25) is 0 Å². The van der Waals surface area contributed by atoms with Crippen LogP contribution in [-0.2, 0) is 0 Å². The van der Waals surface area contributed by atoms with Crippen LogP contribution in [-0.4, -0.2) is 68.4 Å². The van der Waals surface area contributed by atoms with E-state index in [2.05, 4.69) is 14.9 Å². The van der Waals surface area contributed by atoms with E-state index in [1.165, 1.54) is 43.9 Å². The van der Waals surface area contributed by atoms with Gasteiger partial charge in [0.05, 0.1) is 0 Å². The van der Waals surface area contributed by atoms with Crippen molar-refractivity contribution in [3.8, 4) is 0 Å². The molecule has 0 saturated carbocycles. The molecule has 9 heteroatoms. The number of piperidine rings is 1. The predicted octanol–water partition coefficient (Wildman–Crippen LogP) is 0.433. The van der Waals surface area contributed by atoms with Crippen LogP contribution in [0.15, 0.2) is 6.07 Å². The summed E-state index contributed by atoms with van der Waals surface area (Å²) in [5, 5.41) is 40.2. The largest absolute Gasteiger partial charge is 0.374 e. The van der Waals surface area contributed by atoms with Crippen molar-refractivity contribution in [3.63, 3.8) is 0 Å². The standard InChI is InChI=1S/C17H31N5O4/c1-11(23)21(12(2)24)16-10-15(20-8-6-5-7-9-20)18-17(19-16)22(13(3)25)14(4)26/h10-14,23-26H,5-9H2,1-4H3. The molecule has 2 heterocycles. The number of rotatable bonds is 7. The van der Waals surface area contributed by atoms with E-state index in [0.717, 1.165) is 25.9 Å². The molecule has 1 saturated heterocycles. The van der Waals surface area contributed by atoms with Crippen LogP contribution in [0.25, 0.3) is 0 Å². The third-order valence-corrected chi connectivity index (χ3v) is 4.47. The van der Waals surface area contributed by atoms with Gasteiger partial charge in [-0.2, -0.15) is 9.97 Å². The molecule has 1 aliphatic heterocycles. The number of anilines is 3. The smallest absolute Gasteiger partial charge is 0.233 e. The molecule has 26 heavy (non-hydrogen) atoms. The monoisotopic (exact) mass is 369 g/mol. The van der Waals surface area contributed by atoms with Crippen molar-refractivity contribution in [1.82, 2.24) is 9.97 Å². The molecular weight excluding hydrogens is 338 g/mol. The summed E-state index contributed by atoms with van der Waals surface area (Å²) in [7, 11) is 0. The number of aliphatic hydroxyl groups is 4. The van der Waals surface area contributed by atoms with Gasteiger partial charge in [0, 0.05) is 19.2 Å². The molecule has 148 valence electrons. The highest BCUT2D eigenvalue weighted by Crippen LogP contribution is 2.28. The van der Waals surface area contributed by atoms with Gasteiger partial charge in [-0.25, -0.2) is 0 Å². The Balaban J connectivity index is 2.54. The van der Waals surface area contributed by atoms with E-state index in [-0.39, 0.29) is 5.95 Å². The summed E-state index contributed by atoms with van der Waals surface area (Å²) >= 11 is 0. The van der Waals surface area contributed by atoms with Crippen LogP contribution in [0, 0.1) is 0 Å². The number of hydrogen-bond donors (Lipinski definition) is 4. The molecule has 0 bridgehead atoms. The molecule has 9 nitrogen and oxygen atoms in total. The SMILES string of the molecule is CC(O)N(c1cc(N2CCCCC2)nc(N(C(C)O)C(C)O)n1)C(C)O. The molecule has 4 unspecified atom stereocenters. The lowest BCUT2D eigenvalue weighted by atomic mass is 10.1. The number of nitrogens with zero attached hydrogens (tertiary/aromatic N) is 5. The van der Waals surface area contributed by atoms with Gasteiger partial charge in [0.2, 0.25) is 5.95 Å². The van der Waals surface area contributed by atoms with Gasteiger partial charge in [-0.3, -0.25) is 4.90 Å². The Labute approximate surface area is 154 Å². The second-order valence-electron chi connectivity index (χ2n) is 6.77. The zero-order valence-electron chi connectivity index (χ0n) is 15.9. The van der Waals surface area contributed by atoms with E-state index >= 15 is 0 Å². The second kappa shape index (κ2) is 8.81. The van der Waals surface area contributed by atoms with Gasteiger partial charge in [-0.05, 0) is 47.0 Å². The van der Waals surface area contributed by atoms with Crippen LogP contribution in [0.1, 0.15) is 47.0 Å². The molecule has 0 spiro atoms. The minimum atomic E-state index is -1.01. The van der Waals surface area contributed by atoms with Gasteiger partial charge in [-0.1, -0.05) is 0 Å². The van der Waals surface area contributed by atoms with E-state index in [0.29, 0.717) is 11.6 Å². The zero-order valence-corrected chi connectivity index (χ0v) is 15.9. The van der Waals surface area contributed by atoms with Crippen molar-refractivity contribution in [2.24, 2.45) is 0 Å². The maximum absolute atomic E-state index is 10.1. The average Bonchev–Trinajstić information content (AvgIpc) is 2.54. The first-order chi connectivity index (χ1) is 12.2. The van der Waals surface area contributed by atoms with Crippen LogP contribution >= 0.6 is 0 Å². The summed E-state index contributed by atoms with van der Waals surface area (Å²) in [5.41, 5.74) is 0. The summed E-state index contributed by atoms with van der Waals surface area (Å²) in [4.78, 5) is 13.7. The lowest BCUT2D eigenvalue weighted by Gasteiger charge is -2.34. The Hall–Kier alpha value is -1.68. The Morgan fingerprint density at radius 3 is 1.77 bits per heavy atom. The molecule has 1 fully saturated rings. The van der Waals surface area contributed by atoms with Gasteiger partial charge >= 0.3 is 0 Å². The Morgan fingerprint density at radius 2 is 1.31 bits per heavy atom. The van der Waals surface area contributed by atoms with Crippen LogP contribution in [0.3, 0.4) is 0 Å². The fourth-order valence-electron chi connectivity index (χ4n) is 3.28. The molecule has 1 aromatic rings. The van der Waals surface area contributed by atoms with E-state index < -0.39 is 24.9 Å². The highest BCUT2D eigenvalue weighted by Gasteiger charge is 2.26. The molecule has 4 N–H and O–H groups in total. The maximum atomic E-state index is 10.1. The number of aliphatic hydroxyl groups excluding tert-OH is 4. The zero-order chi connectivity index (χ0) is 19.4. The van der Waals surface area contributed by atoms with Gasteiger partial charge in [0.25, 0.3) is 0 Å². The van der Waals surface area contributed by atoms with E-state index in [9.17, 15) is 20.4 Å². The molecule has 4 atom stereocenters. The summed E-state index contributed by atoms with van der Waals surface area (Å²) < 4.78 is 0. The van der Waals surface area contributed by atoms with Gasteiger partial charge in [0.1, 0.15) is 36.5 Å². The van der Waals surface area contributed by atoms with Gasteiger partial charge < -0.3 is 30.2 Å². The van der Waals surface area contributed by atoms with Crippen molar-refractivity contribution in [2.45, 2.75) is 71.9 Å². The summed E-state index contributed by atoms with van der Waals surface area (Å²) in [6.45, 7) is 7.81.